The SMILES string of the molecule is CCC(C)CC(C)NC1CCCc2sc(Br)cc21. The van der Waals surface area contributed by atoms with Gasteiger partial charge in [-0.3, -0.25) is 0 Å². The van der Waals surface area contributed by atoms with E-state index in [1.54, 1.807) is 10.4 Å². The molecular formula is C15H24BrNS. The molecule has 0 aromatic carbocycles. The summed E-state index contributed by atoms with van der Waals surface area (Å²) in [5, 5.41) is 3.84. The number of halogens is 1. The molecule has 3 unspecified atom stereocenters. The van der Waals surface area contributed by atoms with Crippen LogP contribution < -0.4 is 5.32 Å². The smallest absolute Gasteiger partial charge is 0.0704 e. The molecule has 0 spiro atoms. The summed E-state index contributed by atoms with van der Waals surface area (Å²) in [6.07, 6.45) is 6.46. The summed E-state index contributed by atoms with van der Waals surface area (Å²) in [5.41, 5.74) is 1.55. The lowest BCUT2D eigenvalue weighted by molar-refractivity contribution is 0.355. The minimum atomic E-state index is 0.579. The topological polar surface area (TPSA) is 12.0 Å². The molecule has 0 fully saturated rings. The zero-order chi connectivity index (χ0) is 13.1. The van der Waals surface area contributed by atoms with E-state index in [1.807, 2.05) is 11.3 Å². The highest BCUT2D eigenvalue weighted by molar-refractivity contribution is 9.11. The summed E-state index contributed by atoms with van der Waals surface area (Å²) in [7, 11) is 0. The highest BCUT2D eigenvalue weighted by Gasteiger charge is 2.23. The second kappa shape index (κ2) is 6.53. The van der Waals surface area contributed by atoms with Crippen molar-refractivity contribution in [3.8, 4) is 0 Å². The van der Waals surface area contributed by atoms with Gasteiger partial charge in [0, 0.05) is 17.0 Å². The van der Waals surface area contributed by atoms with Crippen LogP contribution in [0.3, 0.4) is 0 Å². The van der Waals surface area contributed by atoms with Gasteiger partial charge in [0.25, 0.3) is 0 Å². The molecule has 3 atom stereocenters. The largest absolute Gasteiger partial charge is 0.307 e. The molecule has 0 radical (unpaired) electrons. The Labute approximate surface area is 123 Å². The Balaban J connectivity index is 1.98. The minimum absolute atomic E-state index is 0.579. The van der Waals surface area contributed by atoms with Crippen LogP contribution in [-0.2, 0) is 6.42 Å². The molecule has 0 amide bonds. The Morgan fingerprint density at radius 2 is 2.28 bits per heavy atom. The van der Waals surface area contributed by atoms with E-state index in [9.17, 15) is 0 Å². The number of nitrogens with one attached hydrogen (secondary N) is 1. The van der Waals surface area contributed by atoms with Gasteiger partial charge < -0.3 is 5.32 Å². The molecule has 0 saturated heterocycles. The highest BCUT2D eigenvalue weighted by atomic mass is 79.9. The highest BCUT2D eigenvalue weighted by Crippen LogP contribution is 2.38. The Morgan fingerprint density at radius 3 is 3.00 bits per heavy atom. The van der Waals surface area contributed by atoms with Gasteiger partial charge in [0.1, 0.15) is 0 Å². The number of rotatable bonds is 5. The van der Waals surface area contributed by atoms with E-state index in [-0.39, 0.29) is 0 Å². The van der Waals surface area contributed by atoms with Crippen LogP contribution in [0, 0.1) is 5.92 Å². The number of aryl methyl sites for hydroxylation is 1. The van der Waals surface area contributed by atoms with Crippen molar-refractivity contribution < 1.29 is 0 Å². The monoisotopic (exact) mass is 329 g/mol. The third-order valence-electron chi connectivity index (χ3n) is 4.02. The van der Waals surface area contributed by atoms with Gasteiger partial charge in [-0.15, -0.1) is 11.3 Å². The molecular weight excluding hydrogens is 306 g/mol. The Bertz CT molecular complexity index is 388. The molecule has 0 saturated carbocycles. The predicted octanol–water partition coefficient (Wildman–Crippen LogP) is 5.30. The lowest BCUT2D eigenvalue weighted by atomic mass is 9.92. The van der Waals surface area contributed by atoms with E-state index in [1.165, 1.54) is 35.9 Å². The van der Waals surface area contributed by atoms with Crippen LogP contribution in [0.15, 0.2) is 9.85 Å². The van der Waals surface area contributed by atoms with E-state index >= 15 is 0 Å². The number of thiophene rings is 1. The van der Waals surface area contributed by atoms with E-state index in [2.05, 4.69) is 48.1 Å². The van der Waals surface area contributed by atoms with Crippen LogP contribution in [-0.4, -0.2) is 6.04 Å². The maximum absolute atomic E-state index is 3.84. The average Bonchev–Trinajstić information content (AvgIpc) is 2.70. The fraction of sp³-hybridized carbons (Fsp3) is 0.733. The van der Waals surface area contributed by atoms with Crippen LogP contribution in [0.4, 0.5) is 0 Å². The molecule has 18 heavy (non-hydrogen) atoms. The summed E-state index contributed by atoms with van der Waals surface area (Å²) >= 11 is 5.54. The van der Waals surface area contributed by atoms with Crippen molar-refractivity contribution in [3.05, 3.63) is 20.3 Å². The van der Waals surface area contributed by atoms with Gasteiger partial charge >= 0.3 is 0 Å². The number of hydrogen-bond acceptors (Lipinski definition) is 2. The summed E-state index contributed by atoms with van der Waals surface area (Å²) in [6, 6.07) is 3.53. The van der Waals surface area contributed by atoms with E-state index < -0.39 is 0 Å². The van der Waals surface area contributed by atoms with Crippen molar-refractivity contribution in [3.63, 3.8) is 0 Å². The zero-order valence-electron chi connectivity index (χ0n) is 11.6. The molecule has 1 aromatic heterocycles. The summed E-state index contributed by atoms with van der Waals surface area (Å²) in [4.78, 5) is 1.58. The summed E-state index contributed by atoms with van der Waals surface area (Å²) < 4.78 is 1.29. The Hall–Kier alpha value is 0.140. The van der Waals surface area contributed by atoms with Gasteiger partial charge in [0.05, 0.1) is 3.79 Å². The Morgan fingerprint density at radius 1 is 1.50 bits per heavy atom. The van der Waals surface area contributed by atoms with Crippen molar-refractivity contribution in [2.24, 2.45) is 5.92 Å². The van der Waals surface area contributed by atoms with Crippen LogP contribution >= 0.6 is 27.3 Å². The third-order valence-corrected chi connectivity index (χ3v) is 5.74. The van der Waals surface area contributed by atoms with Crippen molar-refractivity contribution >= 4 is 27.3 Å². The molecule has 1 aliphatic carbocycles. The maximum Gasteiger partial charge on any atom is 0.0704 e. The van der Waals surface area contributed by atoms with E-state index in [0.717, 1.165) is 5.92 Å². The third kappa shape index (κ3) is 3.58. The zero-order valence-corrected chi connectivity index (χ0v) is 14.0. The predicted molar refractivity (Wildman–Crippen MR) is 84.4 cm³/mol. The van der Waals surface area contributed by atoms with Gasteiger partial charge in [0.2, 0.25) is 0 Å². The number of hydrogen-bond donors (Lipinski definition) is 1. The fourth-order valence-electron chi connectivity index (χ4n) is 2.88. The van der Waals surface area contributed by atoms with Crippen LogP contribution in [0.1, 0.15) is 62.9 Å². The molecule has 1 nitrogen and oxygen atoms in total. The van der Waals surface area contributed by atoms with Crippen molar-refractivity contribution in [1.29, 1.82) is 0 Å². The van der Waals surface area contributed by atoms with Gasteiger partial charge in [-0.1, -0.05) is 20.3 Å². The molecule has 1 heterocycles. The van der Waals surface area contributed by atoms with Gasteiger partial charge in [-0.05, 0) is 66.1 Å². The molecule has 3 heteroatoms. The van der Waals surface area contributed by atoms with Crippen molar-refractivity contribution in [2.45, 2.75) is 65.0 Å². The fourth-order valence-corrected chi connectivity index (χ4v) is 4.70. The molecule has 102 valence electrons. The van der Waals surface area contributed by atoms with Crippen molar-refractivity contribution in [1.82, 2.24) is 5.32 Å². The summed E-state index contributed by atoms with van der Waals surface area (Å²) in [6.45, 7) is 6.97. The Kier molecular flexibility index (Phi) is 5.28. The standard InChI is InChI=1S/C15H24BrNS/c1-4-10(2)8-11(3)17-13-6-5-7-14-12(13)9-15(16)18-14/h9-11,13,17H,4-8H2,1-3H3. The lowest BCUT2D eigenvalue weighted by Crippen LogP contribution is -2.33. The van der Waals surface area contributed by atoms with E-state index in [4.69, 9.17) is 0 Å². The van der Waals surface area contributed by atoms with Crippen molar-refractivity contribution in [2.75, 3.05) is 0 Å². The maximum atomic E-state index is 3.84. The van der Waals surface area contributed by atoms with Crippen LogP contribution in [0.5, 0.6) is 0 Å². The lowest BCUT2D eigenvalue weighted by Gasteiger charge is -2.28. The number of fused-ring (bicyclic) bond motifs is 1. The average molecular weight is 330 g/mol. The molecule has 0 aliphatic heterocycles. The second-order valence-corrected chi connectivity index (χ2v) is 8.21. The second-order valence-electron chi connectivity index (χ2n) is 5.69. The first-order valence-electron chi connectivity index (χ1n) is 7.14. The molecule has 2 rings (SSSR count). The molecule has 1 aromatic rings. The molecule has 0 bridgehead atoms. The first-order chi connectivity index (χ1) is 8.60. The van der Waals surface area contributed by atoms with Gasteiger partial charge in [-0.25, -0.2) is 0 Å². The quantitative estimate of drug-likeness (QED) is 0.772. The first-order valence-corrected chi connectivity index (χ1v) is 8.75. The van der Waals surface area contributed by atoms with Gasteiger partial charge in [0.15, 0.2) is 0 Å². The normalized spacial score (nSPS) is 22.6. The van der Waals surface area contributed by atoms with Crippen LogP contribution in [0.25, 0.3) is 0 Å². The van der Waals surface area contributed by atoms with Crippen LogP contribution in [0.2, 0.25) is 0 Å². The van der Waals surface area contributed by atoms with Gasteiger partial charge in [-0.2, -0.15) is 0 Å². The molecule has 1 aliphatic rings. The first kappa shape index (κ1) is 14.5. The van der Waals surface area contributed by atoms with E-state index in [0.29, 0.717) is 12.1 Å². The minimum Gasteiger partial charge on any atom is -0.307 e. The summed E-state index contributed by atoms with van der Waals surface area (Å²) in [5.74, 6) is 0.824. The molecule has 1 N–H and O–H groups in total.